The minimum atomic E-state index is -4.53. The summed E-state index contributed by atoms with van der Waals surface area (Å²) in [6.45, 7) is 3.23. The van der Waals surface area contributed by atoms with Gasteiger partial charge in [0.05, 0.1) is 5.56 Å². The molecule has 21 heavy (non-hydrogen) atoms. The zero-order valence-corrected chi connectivity index (χ0v) is 11.6. The molecular weight excluding hydrogens is 285 g/mol. The zero-order valence-electron chi connectivity index (χ0n) is 11.6. The first-order valence-electron chi connectivity index (χ1n) is 6.64. The highest BCUT2D eigenvalue weighted by Crippen LogP contribution is 2.32. The van der Waals surface area contributed by atoms with E-state index >= 15 is 0 Å². The Morgan fingerprint density at radius 3 is 2.76 bits per heavy atom. The number of nitrogens with zero attached hydrogens (tertiary/aromatic N) is 3. The van der Waals surface area contributed by atoms with Crippen LogP contribution in [0.15, 0.2) is 17.3 Å². The number of aromatic nitrogens is 1. The lowest BCUT2D eigenvalue weighted by Crippen LogP contribution is -2.37. The van der Waals surface area contributed by atoms with Crippen molar-refractivity contribution in [2.24, 2.45) is 16.8 Å². The number of hydrogen-bond acceptors (Lipinski definition) is 4. The Morgan fingerprint density at radius 2 is 2.19 bits per heavy atom. The van der Waals surface area contributed by atoms with Crippen molar-refractivity contribution >= 4 is 11.7 Å². The molecule has 1 aliphatic heterocycles. The lowest BCUT2D eigenvalue weighted by molar-refractivity contribution is -0.141. The average molecular weight is 302 g/mol. The van der Waals surface area contributed by atoms with E-state index in [1.54, 1.807) is 4.90 Å². The van der Waals surface area contributed by atoms with Gasteiger partial charge in [-0.1, -0.05) is 12.1 Å². The van der Waals surface area contributed by atoms with Crippen LogP contribution in [0.1, 0.15) is 31.0 Å². The fourth-order valence-electron chi connectivity index (χ4n) is 2.48. The SMILES string of the molecule is CC1CCCN(c2nc(C(F)(F)F)ccc2C(N)=NO)C1. The third-order valence-corrected chi connectivity index (χ3v) is 3.51. The number of pyridine rings is 1. The van der Waals surface area contributed by atoms with Crippen LogP contribution in [-0.4, -0.2) is 29.1 Å². The first-order valence-corrected chi connectivity index (χ1v) is 6.64. The van der Waals surface area contributed by atoms with Gasteiger partial charge in [-0.2, -0.15) is 13.2 Å². The van der Waals surface area contributed by atoms with Gasteiger partial charge in [0.15, 0.2) is 5.84 Å². The Bertz CT molecular complexity index is 545. The molecule has 1 fully saturated rings. The second-order valence-corrected chi connectivity index (χ2v) is 5.24. The monoisotopic (exact) mass is 302 g/mol. The average Bonchev–Trinajstić information content (AvgIpc) is 2.45. The van der Waals surface area contributed by atoms with Crippen LogP contribution in [0.4, 0.5) is 19.0 Å². The van der Waals surface area contributed by atoms with E-state index in [9.17, 15) is 13.2 Å². The summed E-state index contributed by atoms with van der Waals surface area (Å²) in [5.74, 6) is 0.228. The molecule has 5 nitrogen and oxygen atoms in total. The van der Waals surface area contributed by atoms with Crippen LogP contribution < -0.4 is 10.6 Å². The van der Waals surface area contributed by atoms with Crippen molar-refractivity contribution in [1.29, 1.82) is 0 Å². The van der Waals surface area contributed by atoms with E-state index in [0.717, 1.165) is 18.9 Å². The van der Waals surface area contributed by atoms with E-state index in [1.807, 2.05) is 6.92 Å². The number of oxime groups is 1. The number of alkyl halides is 3. The maximum atomic E-state index is 12.8. The molecule has 1 aromatic heterocycles. The van der Waals surface area contributed by atoms with Crippen LogP contribution in [0.5, 0.6) is 0 Å². The maximum Gasteiger partial charge on any atom is 0.433 e. The molecule has 0 aliphatic carbocycles. The van der Waals surface area contributed by atoms with Gasteiger partial charge in [0.1, 0.15) is 11.5 Å². The Balaban J connectivity index is 2.48. The molecule has 8 heteroatoms. The molecule has 2 rings (SSSR count). The maximum absolute atomic E-state index is 12.8. The highest BCUT2D eigenvalue weighted by Gasteiger charge is 2.34. The molecule has 0 radical (unpaired) electrons. The van der Waals surface area contributed by atoms with Crippen LogP contribution >= 0.6 is 0 Å². The van der Waals surface area contributed by atoms with Crippen molar-refractivity contribution < 1.29 is 18.4 Å². The summed E-state index contributed by atoms with van der Waals surface area (Å²) in [5, 5.41) is 11.7. The molecule has 0 bridgehead atoms. The standard InChI is InChI=1S/C13H17F3N4O/c1-8-3-2-6-20(7-8)12-9(11(17)19-21)4-5-10(18-12)13(14,15)16/h4-5,8,21H,2-3,6-7H2,1H3,(H2,17,19). The Morgan fingerprint density at radius 1 is 1.48 bits per heavy atom. The molecule has 3 N–H and O–H groups in total. The Hall–Kier alpha value is -1.99. The molecule has 0 spiro atoms. The summed E-state index contributed by atoms with van der Waals surface area (Å²) in [7, 11) is 0. The van der Waals surface area contributed by atoms with Crippen molar-refractivity contribution in [2.45, 2.75) is 25.9 Å². The smallest absolute Gasteiger partial charge is 0.409 e. The van der Waals surface area contributed by atoms with Gasteiger partial charge in [0.25, 0.3) is 0 Å². The van der Waals surface area contributed by atoms with Gasteiger partial charge in [0, 0.05) is 13.1 Å². The summed E-state index contributed by atoms with van der Waals surface area (Å²) in [6, 6.07) is 2.03. The summed E-state index contributed by atoms with van der Waals surface area (Å²) < 4.78 is 38.5. The van der Waals surface area contributed by atoms with Gasteiger partial charge >= 0.3 is 6.18 Å². The van der Waals surface area contributed by atoms with Crippen molar-refractivity contribution in [2.75, 3.05) is 18.0 Å². The molecule has 1 aromatic rings. The zero-order chi connectivity index (χ0) is 15.6. The molecule has 0 aromatic carbocycles. The van der Waals surface area contributed by atoms with Crippen LogP contribution in [0.2, 0.25) is 0 Å². The number of hydrogen-bond donors (Lipinski definition) is 2. The summed E-state index contributed by atoms with van der Waals surface area (Å²) in [5.41, 5.74) is 4.77. The first-order chi connectivity index (χ1) is 9.82. The molecule has 0 amide bonds. The fraction of sp³-hybridized carbons (Fsp3) is 0.538. The molecule has 1 aliphatic rings. The van der Waals surface area contributed by atoms with Gasteiger partial charge in [-0.15, -0.1) is 0 Å². The predicted molar refractivity (Wildman–Crippen MR) is 72.4 cm³/mol. The van der Waals surface area contributed by atoms with E-state index in [1.165, 1.54) is 6.07 Å². The van der Waals surface area contributed by atoms with E-state index in [2.05, 4.69) is 10.1 Å². The number of amidine groups is 1. The van der Waals surface area contributed by atoms with Gasteiger partial charge in [-0.25, -0.2) is 4.98 Å². The third kappa shape index (κ3) is 3.37. The highest BCUT2D eigenvalue weighted by molar-refractivity contribution is 6.01. The van der Waals surface area contributed by atoms with Crippen LogP contribution in [0, 0.1) is 5.92 Å². The normalized spacial score (nSPS) is 20.7. The molecule has 116 valence electrons. The van der Waals surface area contributed by atoms with Crippen LogP contribution in [-0.2, 0) is 6.18 Å². The van der Waals surface area contributed by atoms with E-state index < -0.39 is 11.9 Å². The lowest BCUT2D eigenvalue weighted by atomic mass is 10.00. The number of halogens is 3. The van der Waals surface area contributed by atoms with E-state index in [0.29, 0.717) is 19.0 Å². The molecule has 0 saturated carbocycles. The predicted octanol–water partition coefficient (Wildman–Crippen LogP) is 2.43. The molecule has 1 atom stereocenters. The quantitative estimate of drug-likeness (QED) is 0.381. The first kappa shape index (κ1) is 15.4. The molecular formula is C13H17F3N4O. The van der Waals surface area contributed by atoms with Crippen LogP contribution in [0.3, 0.4) is 0 Å². The third-order valence-electron chi connectivity index (χ3n) is 3.51. The van der Waals surface area contributed by atoms with Gasteiger partial charge < -0.3 is 15.8 Å². The van der Waals surface area contributed by atoms with Crippen molar-refractivity contribution in [1.82, 2.24) is 4.98 Å². The minimum absolute atomic E-state index is 0.117. The van der Waals surface area contributed by atoms with Crippen LogP contribution in [0.25, 0.3) is 0 Å². The highest BCUT2D eigenvalue weighted by atomic mass is 19.4. The largest absolute Gasteiger partial charge is 0.433 e. The number of piperidine rings is 1. The summed E-state index contributed by atoms with van der Waals surface area (Å²) in [6.07, 6.45) is -2.64. The van der Waals surface area contributed by atoms with E-state index in [4.69, 9.17) is 10.9 Å². The second-order valence-electron chi connectivity index (χ2n) is 5.24. The Labute approximate surface area is 120 Å². The number of rotatable bonds is 2. The lowest BCUT2D eigenvalue weighted by Gasteiger charge is -2.33. The Kier molecular flexibility index (Phi) is 4.24. The van der Waals surface area contributed by atoms with Gasteiger partial charge in [0.2, 0.25) is 0 Å². The van der Waals surface area contributed by atoms with Crippen molar-refractivity contribution in [3.63, 3.8) is 0 Å². The number of anilines is 1. The molecule has 1 unspecified atom stereocenters. The molecule has 1 saturated heterocycles. The van der Waals surface area contributed by atoms with Gasteiger partial charge in [-0.05, 0) is 30.9 Å². The number of nitrogens with two attached hydrogens (primary N) is 1. The molecule has 2 heterocycles. The van der Waals surface area contributed by atoms with Gasteiger partial charge in [-0.3, -0.25) is 0 Å². The second kappa shape index (κ2) is 5.79. The summed E-state index contributed by atoms with van der Waals surface area (Å²) >= 11 is 0. The minimum Gasteiger partial charge on any atom is -0.409 e. The van der Waals surface area contributed by atoms with Crippen molar-refractivity contribution in [3.8, 4) is 0 Å². The van der Waals surface area contributed by atoms with E-state index in [-0.39, 0.29) is 17.2 Å². The topological polar surface area (TPSA) is 74.7 Å². The fourth-order valence-corrected chi connectivity index (χ4v) is 2.48. The van der Waals surface area contributed by atoms with Crippen molar-refractivity contribution in [3.05, 3.63) is 23.4 Å². The summed E-state index contributed by atoms with van der Waals surface area (Å²) in [4.78, 5) is 5.46.